The topological polar surface area (TPSA) is 98.3 Å². The molecule has 1 aliphatic heterocycles. The number of carbonyl (C=O) groups excluding carboxylic acids is 1. The zero-order valence-corrected chi connectivity index (χ0v) is 13.6. The molecule has 2 atom stereocenters. The number of hydrogen-bond acceptors (Lipinski definition) is 3. The second kappa shape index (κ2) is 6.46. The number of rotatable bonds is 4. The Kier molecular flexibility index (Phi) is 4.87. The van der Waals surface area contributed by atoms with Gasteiger partial charge in [-0.25, -0.2) is 9.78 Å². The third-order valence-corrected chi connectivity index (χ3v) is 4.03. The molecule has 2 heterocycles. The minimum atomic E-state index is -1.18. The van der Waals surface area contributed by atoms with Gasteiger partial charge in [0.25, 0.3) is 0 Å². The minimum Gasteiger partial charge on any atom is -0.465 e. The van der Waals surface area contributed by atoms with Crippen molar-refractivity contribution >= 4 is 27.9 Å². The SMILES string of the molecule is CC(C)[C@H](NC(=O)O)C(=O)N1CCC[C@H]1c1ncc(Br)[nH]1. The molecule has 0 aliphatic carbocycles. The summed E-state index contributed by atoms with van der Waals surface area (Å²) >= 11 is 3.31. The lowest BCUT2D eigenvalue weighted by Gasteiger charge is -2.29. The van der Waals surface area contributed by atoms with Crippen LogP contribution in [0.25, 0.3) is 0 Å². The molecule has 0 radical (unpaired) electrons. The maximum atomic E-state index is 12.7. The zero-order chi connectivity index (χ0) is 15.6. The van der Waals surface area contributed by atoms with Gasteiger partial charge in [0.05, 0.1) is 12.2 Å². The highest BCUT2D eigenvalue weighted by molar-refractivity contribution is 9.10. The van der Waals surface area contributed by atoms with Crippen molar-refractivity contribution in [1.29, 1.82) is 0 Å². The number of aromatic amines is 1. The lowest BCUT2D eigenvalue weighted by atomic mass is 10.0. The number of likely N-dealkylation sites (tertiary alicyclic amines) is 1. The average molecular weight is 359 g/mol. The van der Waals surface area contributed by atoms with E-state index >= 15 is 0 Å². The summed E-state index contributed by atoms with van der Waals surface area (Å²) in [4.78, 5) is 32.6. The molecule has 1 aromatic heterocycles. The summed E-state index contributed by atoms with van der Waals surface area (Å²) in [6, 6.07) is -0.859. The van der Waals surface area contributed by atoms with Gasteiger partial charge in [0.1, 0.15) is 16.5 Å². The number of nitrogens with zero attached hydrogens (tertiary/aromatic N) is 2. The Morgan fingerprint density at radius 1 is 1.57 bits per heavy atom. The minimum absolute atomic E-state index is 0.113. The Hall–Kier alpha value is -1.57. The van der Waals surface area contributed by atoms with Crippen LogP contribution in [0.1, 0.15) is 38.6 Å². The molecule has 1 saturated heterocycles. The Labute approximate surface area is 131 Å². The van der Waals surface area contributed by atoms with Crippen LogP contribution in [0.15, 0.2) is 10.8 Å². The lowest BCUT2D eigenvalue weighted by molar-refractivity contribution is -0.135. The molecule has 7 nitrogen and oxygen atoms in total. The Bertz CT molecular complexity index is 531. The summed E-state index contributed by atoms with van der Waals surface area (Å²) in [5, 5.41) is 11.2. The molecule has 0 bridgehead atoms. The van der Waals surface area contributed by atoms with Gasteiger partial charge in [-0.15, -0.1) is 0 Å². The quantitative estimate of drug-likeness (QED) is 0.767. The normalized spacial score (nSPS) is 19.8. The van der Waals surface area contributed by atoms with Crippen LogP contribution in [0.3, 0.4) is 0 Å². The number of nitrogens with one attached hydrogen (secondary N) is 2. The molecule has 0 spiro atoms. The van der Waals surface area contributed by atoms with Crippen molar-refractivity contribution in [2.45, 2.75) is 38.8 Å². The predicted octanol–water partition coefficient (Wildman–Crippen LogP) is 2.13. The van der Waals surface area contributed by atoms with Crippen molar-refractivity contribution in [3.8, 4) is 0 Å². The maximum absolute atomic E-state index is 12.7. The number of hydrogen-bond donors (Lipinski definition) is 3. The largest absolute Gasteiger partial charge is 0.465 e. The number of carboxylic acid groups (broad SMARTS) is 1. The monoisotopic (exact) mass is 358 g/mol. The highest BCUT2D eigenvalue weighted by atomic mass is 79.9. The van der Waals surface area contributed by atoms with Crippen LogP contribution in [-0.2, 0) is 4.79 Å². The molecule has 1 fully saturated rings. The van der Waals surface area contributed by atoms with Gasteiger partial charge in [-0.2, -0.15) is 0 Å². The lowest BCUT2D eigenvalue weighted by Crippen LogP contribution is -2.50. The summed E-state index contributed by atoms with van der Waals surface area (Å²) in [5.74, 6) is 0.422. The van der Waals surface area contributed by atoms with Gasteiger partial charge < -0.3 is 20.3 Å². The first-order chi connectivity index (χ1) is 9.90. The first-order valence-corrected chi connectivity index (χ1v) is 7.69. The first-order valence-electron chi connectivity index (χ1n) is 6.90. The third kappa shape index (κ3) is 3.55. The molecule has 0 unspecified atom stereocenters. The molecule has 116 valence electrons. The van der Waals surface area contributed by atoms with Gasteiger partial charge in [-0.05, 0) is 34.7 Å². The second-order valence-electron chi connectivity index (χ2n) is 5.48. The van der Waals surface area contributed by atoms with Gasteiger partial charge in [-0.3, -0.25) is 4.79 Å². The van der Waals surface area contributed by atoms with Crippen molar-refractivity contribution in [3.63, 3.8) is 0 Å². The third-order valence-electron chi connectivity index (χ3n) is 3.63. The van der Waals surface area contributed by atoms with E-state index in [0.717, 1.165) is 23.3 Å². The van der Waals surface area contributed by atoms with E-state index < -0.39 is 12.1 Å². The summed E-state index contributed by atoms with van der Waals surface area (Å²) in [5.41, 5.74) is 0. The molecule has 1 aliphatic rings. The molecule has 0 aromatic carbocycles. The molecule has 21 heavy (non-hydrogen) atoms. The van der Waals surface area contributed by atoms with Crippen LogP contribution in [0.4, 0.5) is 4.79 Å². The maximum Gasteiger partial charge on any atom is 0.405 e. The Balaban J connectivity index is 2.17. The van der Waals surface area contributed by atoms with Crippen molar-refractivity contribution < 1.29 is 14.7 Å². The van der Waals surface area contributed by atoms with Crippen LogP contribution >= 0.6 is 15.9 Å². The van der Waals surface area contributed by atoms with E-state index in [0.29, 0.717) is 6.54 Å². The Morgan fingerprint density at radius 3 is 2.81 bits per heavy atom. The molecule has 2 rings (SSSR count). The zero-order valence-electron chi connectivity index (χ0n) is 12.0. The van der Waals surface area contributed by atoms with Crippen LogP contribution in [0.5, 0.6) is 0 Å². The fraction of sp³-hybridized carbons (Fsp3) is 0.615. The van der Waals surface area contributed by atoms with E-state index in [2.05, 4.69) is 31.2 Å². The fourth-order valence-corrected chi connectivity index (χ4v) is 2.93. The average Bonchev–Trinajstić information content (AvgIpc) is 3.02. The number of imidazole rings is 1. The van der Waals surface area contributed by atoms with Gasteiger partial charge in [-0.1, -0.05) is 13.8 Å². The molecular weight excluding hydrogens is 340 g/mol. The first kappa shape index (κ1) is 15.8. The number of H-pyrrole nitrogens is 1. The number of amides is 2. The number of halogens is 1. The summed E-state index contributed by atoms with van der Waals surface area (Å²) in [6.45, 7) is 4.27. The van der Waals surface area contributed by atoms with Crippen molar-refractivity contribution in [2.24, 2.45) is 5.92 Å². The van der Waals surface area contributed by atoms with Gasteiger partial charge in [0, 0.05) is 6.54 Å². The number of carbonyl (C=O) groups is 2. The van der Waals surface area contributed by atoms with Gasteiger partial charge >= 0.3 is 6.09 Å². The predicted molar refractivity (Wildman–Crippen MR) is 79.8 cm³/mol. The van der Waals surface area contributed by atoms with Crippen molar-refractivity contribution in [1.82, 2.24) is 20.2 Å². The molecule has 0 saturated carbocycles. The van der Waals surface area contributed by atoms with E-state index in [-0.39, 0.29) is 17.9 Å². The highest BCUT2D eigenvalue weighted by Gasteiger charge is 2.37. The Morgan fingerprint density at radius 2 is 2.29 bits per heavy atom. The van der Waals surface area contributed by atoms with Gasteiger partial charge in [0.15, 0.2) is 0 Å². The van der Waals surface area contributed by atoms with Crippen molar-refractivity contribution in [2.75, 3.05) is 6.54 Å². The molecule has 1 aromatic rings. The van der Waals surface area contributed by atoms with E-state index in [4.69, 9.17) is 5.11 Å². The number of aromatic nitrogens is 2. The second-order valence-corrected chi connectivity index (χ2v) is 6.33. The summed E-state index contributed by atoms with van der Waals surface area (Å²) in [7, 11) is 0. The summed E-state index contributed by atoms with van der Waals surface area (Å²) < 4.78 is 0.765. The van der Waals surface area contributed by atoms with Crippen LogP contribution in [-0.4, -0.2) is 44.6 Å². The fourth-order valence-electron chi connectivity index (χ4n) is 2.62. The van der Waals surface area contributed by atoms with Gasteiger partial charge in [0.2, 0.25) is 5.91 Å². The summed E-state index contributed by atoms with van der Waals surface area (Å²) in [6.07, 6.45) is 2.18. The molecular formula is C13H19BrN4O3. The van der Waals surface area contributed by atoms with Crippen molar-refractivity contribution in [3.05, 3.63) is 16.6 Å². The van der Waals surface area contributed by atoms with E-state index in [1.165, 1.54) is 0 Å². The molecule has 8 heteroatoms. The van der Waals surface area contributed by atoms with Crippen LogP contribution in [0.2, 0.25) is 0 Å². The smallest absolute Gasteiger partial charge is 0.405 e. The van der Waals surface area contributed by atoms with E-state index in [1.807, 2.05) is 13.8 Å². The molecule has 3 N–H and O–H groups in total. The highest BCUT2D eigenvalue weighted by Crippen LogP contribution is 2.31. The molecule has 2 amide bonds. The van der Waals surface area contributed by atoms with Crippen LogP contribution < -0.4 is 5.32 Å². The standard InChI is InChI=1S/C13H19BrN4O3/c1-7(2)10(17-13(20)21)12(19)18-5-3-4-8(18)11-15-6-9(14)16-11/h6-8,10,17H,3-5H2,1-2H3,(H,15,16)(H,20,21)/t8-,10-/m0/s1. The van der Waals surface area contributed by atoms with E-state index in [9.17, 15) is 9.59 Å². The van der Waals surface area contributed by atoms with Crippen LogP contribution in [0, 0.1) is 5.92 Å². The van der Waals surface area contributed by atoms with E-state index in [1.54, 1.807) is 11.1 Å².